The van der Waals surface area contributed by atoms with Crippen molar-refractivity contribution in [1.82, 2.24) is 0 Å². The molecule has 0 bridgehead atoms. The third-order valence-electron chi connectivity index (χ3n) is 0.607. The van der Waals surface area contributed by atoms with Crippen molar-refractivity contribution < 1.29 is 10.2 Å². The fourth-order valence-corrected chi connectivity index (χ4v) is 0.225. The van der Waals surface area contributed by atoms with Gasteiger partial charge in [0.1, 0.15) is 0 Å². The van der Waals surface area contributed by atoms with E-state index in [2.05, 4.69) is 20.1 Å². The van der Waals surface area contributed by atoms with Gasteiger partial charge in [-0.15, -0.1) is 0 Å². The Bertz CT molecular complexity index is 168. The Balaban J connectivity index is 4.05. The van der Waals surface area contributed by atoms with Crippen molar-refractivity contribution in [3.63, 3.8) is 0 Å². The van der Waals surface area contributed by atoms with Crippen LogP contribution in [0.3, 0.4) is 0 Å². The van der Waals surface area contributed by atoms with Gasteiger partial charge >= 0.3 is 0 Å². The van der Waals surface area contributed by atoms with Crippen molar-refractivity contribution in [1.29, 1.82) is 0 Å². The molecule has 0 aliphatic heterocycles. The monoisotopic (exact) mass is 144 g/mol. The van der Waals surface area contributed by atoms with Crippen molar-refractivity contribution in [2.75, 3.05) is 0 Å². The van der Waals surface area contributed by atoms with Gasteiger partial charge in [0.2, 0.25) is 0 Å². The van der Waals surface area contributed by atoms with Crippen LogP contribution in [0.2, 0.25) is 0 Å². The maximum Gasteiger partial charge on any atom is 0.164 e. The Morgan fingerprint density at radius 1 is 1.00 bits per heavy atom. The van der Waals surface area contributed by atoms with Crippen LogP contribution >= 0.6 is 0 Å². The van der Waals surface area contributed by atoms with Crippen LogP contribution in [0.1, 0.15) is 0 Å². The topological polar surface area (TPSA) is 138 Å². The van der Waals surface area contributed by atoms with Crippen LogP contribution in [0.5, 0.6) is 0 Å². The molecule has 0 aliphatic rings. The Labute approximate surface area is 55.0 Å². The summed E-state index contributed by atoms with van der Waals surface area (Å²) in [5.74, 6) is 0. The summed E-state index contributed by atoms with van der Waals surface area (Å²) in [5.41, 5.74) is 15.4. The molecular weight excluding hydrogens is 140 g/mol. The van der Waals surface area contributed by atoms with Gasteiger partial charge in [-0.3, -0.25) is 0 Å². The maximum atomic E-state index is 8.51. The summed E-state index contributed by atoms with van der Waals surface area (Å²) in [6.45, 7) is 0. The molecule has 54 valence electrons. The van der Waals surface area contributed by atoms with E-state index in [0.29, 0.717) is 0 Å². The lowest BCUT2D eigenvalue weighted by Gasteiger charge is -2.03. The zero-order valence-electron chi connectivity index (χ0n) is 4.73. The Morgan fingerprint density at radius 2 is 1.30 bits per heavy atom. The second-order valence-corrected chi connectivity index (χ2v) is 1.24. The summed E-state index contributed by atoms with van der Waals surface area (Å²) in [6.07, 6.45) is -3.44. The predicted molar refractivity (Wildman–Crippen MR) is 30.3 cm³/mol. The van der Waals surface area contributed by atoms with Gasteiger partial charge in [-0.1, -0.05) is 10.2 Å². The van der Waals surface area contributed by atoms with Crippen LogP contribution in [0, 0.1) is 0 Å². The van der Waals surface area contributed by atoms with Crippen molar-refractivity contribution in [3.05, 3.63) is 20.9 Å². The summed E-state index contributed by atoms with van der Waals surface area (Å²) < 4.78 is 0. The van der Waals surface area contributed by atoms with Crippen molar-refractivity contribution >= 4 is 0 Å². The smallest absolute Gasteiger partial charge is 0.164 e. The van der Waals surface area contributed by atoms with E-state index in [1.807, 2.05) is 0 Å². The summed E-state index contributed by atoms with van der Waals surface area (Å²) in [5, 5.41) is 22.4. The average Bonchev–Trinajstić information content (AvgIpc) is 1.89. The highest BCUT2D eigenvalue weighted by atomic mass is 16.4. The maximum absolute atomic E-state index is 8.51. The zero-order valence-corrected chi connectivity index (χ0v) is 4.73. The van der Waals surface area contributed by atoms with E-state index in [9.17, 15) is 0 Å². The highest BCUT2D eigenvalue weighted by Gasteiger charge is 2.10. The fourth-order valence-electron chi connectivity index (χ4n) is 0.225. The second kappa shape index (κ2) is 4.42. The predicted octanol–water partition coefficient (Wildman–Crippen LogP) is 0.244. The summed E-state index contributed by atoms with van der Waals surface area (Å²) in [4.78, 5) is 4.34. The van der Waals surface area contributed by atoms with E-state index in [0.717, 1.165) is 0 Å². The molecule has 0 saturated heterocycles. The lowest BCUT2D eigenvalue weighted by Crippen LogP contribution is -2.19. The molecule has 2 N–H and O–H groups in total. The number of nitrogens with zero attached hydrogens (tertiary/aromatic N) is 6. The van der Waals surface area contributed by atoms with Crippen molar-refractivity contribution in [2.45, 2.75) is 12.5 Å². The summed E-state index contributed by atoms with van der Waals surface area (Å²) >= 11 is 0. The highest BCUT2D eigenvalue weighted by Crippen LogP contribution is 1.96. The standard InChI is InChI=1S/C2H4N6O2/c3-7-5-1(9)2(10)6-8-4/h1-2,9-10H. The Morgan fingerprint density at radius 3 is 1.50 bits per heavy atom. The minimum atomic E-state index is -1.72. The van der Waals surface area contributed by atoms with Crippen molar-refractivity contribution in [2.24, 2.45) is 10.2 Å². The number of hydrogen-bond acceptors (Lipinski definition) is 4. The summed E-state index contributed by atoms with van der Waals surface area (Å²) in [7, 11) is 0. The van der Waals surface area contributed by atoms with E-state index < -0.39 is 12.5 Å². The fraction of sp³-hybridized carbons (Fsp3) is 1.00. The van der Waals surface area contributed by atoms with Gasteiger partial charge in [-0.2, -0.15) is 0 Å². The van der Waals surface area contributed by atoms with Crippen LogP contribution < -0.4 is 0 Å². The minimum Gasteiger partial charge on any atom is -0.384 e. The largest absolute Gasteiger partial charge is 0.384 e. The van der Waals surface area contributed by atoms with E-state index in [1.165, 1.54) is 0 Å². The number of rotatable bonds is 3. The van der Waals surface area contributed by atoms with Crippen LogP contribution in [0.15, 0.2) is 10.2 Å². The molecule has 0 spiro atoms. The SMILES string of the molecule is [N-]=[N+]=NC(O)C(O)N=[N+]=[N-]. The van der Waals surface area contributed by atoms with Gasteiger partial charge in [0, 0.05) is 9.82 Å². The average molecular weight is 144 g/mol. The molecule has 8 heteroatoms. The van der Waals surface area contributed by atoms with Gasteiger partial charge in [-0.05, 0) is 11.1 Å². The molecular formula is C2H4N6O2. The van der Waals surface area contributed by atoms with E-state index in [4.69, 9.17) is 21.3 Å². The van der Waals surface area contributed by atoms with Crippen molar-refractivity contribution in [3.8, 4) is 0 Å². The summed E-state index contributed by atoms with van der Waals surface area (Å²) in [6, 6.07) is 0. The molecule has 0 aromatic heterocycles. The van der Waals surface area contributed by atoms with E-state index in [-0.39, 0.29) is 0 Å². The first kappa shape index (κ1) is 8.54. The van der Waals surface area contributed by atoms with Gasteiger partial charge in [-0.25, -0.2) is 0 Å². The molecule has 10 heavy (non-hydrogen) atoms. The molecule has 2 atom stereocenters. The molecule has 0 rings (SSSR count). The molecule has 0 saturated carbocycles. The molecule has 0 heterocycles. The lowest BCUT2D eigenvalue weighted by molar-refractivity contribution is 0.0288. The molecule has 0 aliphatic carbocycles. The first-order valence-corrected chi connectivity index (χ1v) is 2.17. The first-order chi connectivity index (χ1) is 4.72. The third-order valence-corrected chi connectivity index (χ3v) is 0.607. The molecule has 0 aromatic rings. The lowest BCUT2D eigenvalue weighted by atomic mass is 10.5. The molecule has 2 unspecified atom stereocenters. The van der Waals surface area contributed by atoms with E-state index >= 15 is 0 Å². The first-order valence-electron chi connectivity index (χ1n) is 2.17. The van der Waals surface area contributed by atoms with Crippen LogP contribution in [0.25, 0.3) is 20.9 Å². The number of azide groups is 2. The minimum absolute atomic E-state index is 1.72. The normalized spacial score (nSPS) is 14.2. The Hall–Kier alpha value is -1.46. The Kier molecular flexibility index (Phi) is 3.78. The van der Waals surface area contributed by atoms with E-state index in [1.54, 1.807) is 0 Å². The van der Waals surface area contributed by atoms with Crippen LogP contribution in [0.4, 0.5) is 0 Å². The van der Waals surface area contributed by atoms with Crippen LogP contribution in [-0.4, -0.2) is 22.7 Å². The molecule has 0 aromatic carbocycles. The zero-order chi connectivity index (χ0) is 7.98. The van der Waals surface area contributed by atoms with Gasteiger partial charge in [0.25, 0.3) is 0 Å². The van der Waals surface area contributed by atoms with Crippen LogP contribution in [-0.2, 0) is 0 Å². The molecule has 8 nitrogen and oxygen atoms in total. The van der Waals surface area contributed by atoms with Gasteiger partial charge in [0.15, 0.2) is 12.5 Å². The van der Waals surface area contributed by atoms with Gasteiger partial charge < -0.3 is 10.2 Å². The number of aliphatic hydroxyl groups is 2. The van der Waals surface area contributed by atoms with Gasteiger partial charge in [0.05, 0.1) is 0 Å². The number of hydrogen-bond donors (Lipinski definition) is 2. The molecule has 0 fully saturated rings. The number of aliphatic hydroxyl groups excluding tert-OH is 2. The third kappa shape index (κ3) is 2.75. The second-order valence-electron chi connectivity index (χ2n) is 1.24. The highest BCUT2D eigenvalue weighted by molar-refractivity contribution is 4.62. The molecule has 0 radical (unpaired) electrons. The quantitative estimate of drug-likeness (QED) is 0.333. The molecule has 0 amide bonds.